The summed E-state index contributed by atoms with van der Waals surface area (Å²) in [5, 5.41) is 0. The Labute approximate surface area is 206 Å². The van der Waals surface area contributed by atoms with E-state index in [2.05, 4.69) is 69.9 Å². The number of allylic oxidation sites excluding steroid dienone is 11. The van der Waals surface area contributed by atoms with Crippen molar-refractivity contribution in [2.45, 2.75) is 65.7 Å². The van der Waals surface area contributed by atoms with Gasteiger partial charge >= 0.3 is 0 Å². The highest BCUT2D eigenvalue weighted by atomic mass is 19.1. The highest BCUT2D eigenvalue weighted by Crippen LogP contribution is 2.43. The quantitative estimate of drug-likeness (QED) is 0.310. The van der Waals surface area contributed by atoms with Gasteiger partial charge in [0.1, 0.15) is 5.82 Å². The second-order valence-corrected chi connectivity index (χ2v) is 9.86. The van der Waals surface area contributed by atoms with Gasteiger partial charge in [-0.1, -0.05) is 99.2 Å². The SMILES string of the molecule is C=C(c1ccccc1F)C(C)C(C)(CC)CC(=NC)C1=CC(CCC2=CCCC=C2)=CCC=C1. The number of aliphatic imine (C=N–C) groups is 1. The predicted octanol–water partition coefficient (Wildman–Crippen LogP) is 9.22. The van der Waals surface area contributed by atoms with Crippen molar-refractivity contribution >= 4 is 11.3 Å². The minimum Gasteiger partial charge on any atom is -0.292 e. The maximum atomic E-state index is 14.5. The molecule has 2 aliphatic carbocycles. The summed E-state index contributed by atoms with van der Waals surface area (Å²) in [7, 11) is 1.89. The molecule has 1 aromatic carbocycles. The Kier molecular flexibility index (Phi) is 9.21. The van der Waals surface area contributed by atoms with Crippen LogP contribution in [0.5, 0.6) is 0 Å². The van der Waals surface area contributed by atoms with E-state index in [1.54, 1.807) is 6.07 Å². The molecule has 0 saturated carbocycles. The molecule has 0 amide bonds. The molecule has 0 aliphatic heterocycles. The average molecular weight is 458 g/mol. The van der Waals surface area contributed by atoms with Crippen molar-refractivity contribution in [2.75, 3.05) is 7.05 Å². The van der Waals surface area contributed by atoms with E-state index in [1.807, 2.05) is 19.2 Å². The number of halogens is 1. The first-order chi connectivity index (χ1) is 16.4. The van der Waals surface area contributed by atoms with Gasteiger partial charge in [0.2, 0.25) is 0 Å². The molecule has 0 saturated heterocycles. The molecule has 0 N–H and O–H groups in total. The number of nitrogens with zero attached hydrogens (tertiary/aromatic N) is 1. The normalized spacial score (nSPS) is 19.0. The summed E-state index contributed by atoms with van der Waals surface area (Å²) in [5.74, 6) is -0.0872. The first-order valence-corrected chi connectivity index (χ1v) is 12.7. The Balaban J connectivity index is 1.78. The predicted molar refractivity (Wildman–Crippen MR) is 147 cm³/mol. The van der Waals surface area contributed by atoms with Crippen LogP contribution in [0.3, 0.4) is 0 Å². The van der Waals surface area contributed by atoms with Crippen LogP contribution in [0.2, 0.25) is 0 Å². The van der Waals surface area contributed by atoms with Gasteiger partial charge < -0.3 is 0 Å². The highest BCUT2D eigenvalue weighted by molar-refractivity contribution is 6.03. The molecule has 3 rings (SSSR count). The lowest BCUT2D eigenvalue weighted by Gasteiger charge is -2.37. The van der Waals surface area contributed by atoms with Gasteiger partial charge in [-0.05, 0) is 73.5 Å². The third-order valence-corrected chi connectivity index (χ3v) is 7.70. The molecule has 2 atom stereocenters. The Morgan fingerprint density at radius 3 is 2.53 bits per heavy atom. The summed E-state index contributed by atoms with van der Waals surface area (Å²) >= 11 is 0. The fourth-order valence-electron chi connectivity index (χ4n) is 4.87. The van der Waals surface area contributed by atoms with E-state index in [0.717, 1.165) is 56.2 Å². The minimum absolute atomic E-state index is 0.0865. The summed E-state index contributed by atoms with van der Waals surface area (Å²) in [6, 6.07) is 6.97. The van der Waals surface area contributed by atoms with Crippen molar-refractivity contribution in [3.63, 3.8) is 0 Å². The first kappa shape index (κ1) is 25.9. The van der Waals surface area contributed by atoms with Gasteiger partial charge in [-0.2, -0.15) is 0 Å². The first-order valence-electron chi connectivity index (χ1n) is 12.7. The van der Waals surface area contributed by atoms with Crippen molar-refractivity contribution in [2.24, 2.45) is 16.3 Å². The molecule has 180 valence electrons. The van der Waals surface area contributed by atoms with Crippen molar-refractivity contribution in [1.82, 2.24) is 0 Å². The van der Waals surface area contributed by atoms with Crippen molar-refractivity contribution in [3.05, 3.63) is 101 Å². The summed E-state index contributed by atoms with van der Waals surface area (Å²) in [5.41, 5.74) is 6.52. The zero-order valence-corrected chi connectivity index (χ0v) is 21.4. The Hall–Kier alpha value is -2.74. The second-order valence-electron chi connectivity index (χ2n) is 9.86. The van der Waals surface area contributed by atoms with E-state index in [4.69, 9.17) is 4.99 Å². The molecule has 0 spiro atoms. The standard InChI is InChI=1S/C32H40FN/c1-6-32(4,25(3)24(2)29-18-12-13-19-30(29)33)23-31(34-5)28-17-11-10-16-27(22-28)21-20-26-14-8-7-9-15-26/h8,11-19,22,25H,2,6-7,9-10,20-21,23H2,1,3-5H3. The van der Waals surface area contributed by atoms with Crippen LogP contribution in [0.1, 0.15) is 71.3 Å². The van der Waals surface area contributed by atoms with Gasteiger partial charge in [0.15, 0.2) is 0 Å². The van der Waals surface area contributed by atoms with Crippen LogP contribution in [-0.2, 0) is 0 Å². The molecular weight excluding hydrogens is 417 g/mol. The van der Waals surface area contributed by atoms with E-state index in [9.17, 15) is 4.39 Å². The molecule has 0 heterocycles. The lowest BCUT2D eigenvalue weighted by atomic mass is 9.67. The van der Waals surface area contributed by atoms with Gasteiger partial charge in [0.25, 0.3) is 0 Å². The van der Waals surface area contributed by atoms with Crippen LogP contribution >= 0.6 is 0 Å². The number of benzene rings is 1. The zero-order chi connectivity index (χ0) is 24.6. The van der Waals surface area contributed by atoms with Gasteiger partial charge in [0.05, 0.1) is 0 Å². The minimum atomic E-state index is -0.200. The second kappa shape index (κ2) is 12.1. The van der Waals surface area contributed by atoms with E-state index >= 15 is 0 Å². The van der Waals surface area contributed by atoms with Crippen LogP contribution in [0, 0.1) is 17.2 Å². The van der Waals surface area contributed by atoms with E-state index in [-0.39, 0.29) is 17.2 Å². The molecule has 2 unspecified atom stereocenters. The topological polar surface area (TPSA) is 12.4 Å². The maximum absolute atomic E-state index is 14.5. The van der Waals surface area contributed by atoms with Crippen LogP contribution in [0.25, 0.3) is 5.57 Å². The molecule has 1 aromatic rings. The summed E-state index contributed by atoms with van der Waals surface area (Å²) < 4.78 is 14.5. The van der Waals surface area contributed by atoms with Crippen LogP contribution in [0.4, 0.5) is 4.39 Å². The number of rotatable bonds is 10. The largest absolute Gasteiger partial charge is 0.292 e. The van der Waals surface area contributed by atoms with Gasteiger partial charge in [-0.25, -0.2) is 4.39 Å². The van der Waals surface area contributed by atoms with Crippen molar-refractivity contribution < 1.29 is 4.39 Å². The molecule has 2 heteroatoms. The zero-order valence-electron chi connectivity index (χ0n) is 21.4. The molecule has 0 fully saturated rings. The molecule has 0 bridgehead atoms. The fourth-order valence-corrected chi connectivity index (χ4v) is 4.87. The van der Waals surface area contributed by atoms with Crippen molar-refractivity contribution in [1.29, 1.82) is 0 Å². The highest BCUT2D eigenvalue weighted by Gasteiger charge is 2.34. The van der Waals surface area contributed by atoms with Crippen LogP contribution < -0.4 is 0 Å². The molecule has 1 nitrogen and oxygen atoms in total. The maximum Gasteiger partial charge on any atom is 0.130 e. The van der Waals surface area contributed by atoms with Gasteiger partial charge in [-0.3, -0.25) is 4.99 Å². The van der Waals surface area contributed by atoms with Crippen molar-refractivity contribution in [3.8, 4) is 0 Å². The van der Waals surface area contributed by atoms with Gasteiger partial charge in [-0.15, -0.1) is 0 Å². The molecule has 2 aliphatic rings. The summed E-state index contributed by atoms with van der Waals surface area (Å²) in [6.07, 6.45) is 23.2. The lowest BCUT2D eigenvalue weighted by molar-refractivity contribution is 0.252. The summed E-state index contributed by atoms with van der Waals surface area (Å²) in [6.45, 7) is 11.0. The number of hydrogen-bond acceptors (Lipinski definition) is 1. The molecule has 0 radical (unpaired) electrons. The Morgan fingerprint density at radius 1 is 1.09 bits per heavy atom. The van der Waals surface area contributed by atoms with E-state index in [0.29, 0.717) is 5.56 Å². The third kappa shape index (κ3) is 6.44. The monoisotopic (exact) mass is 457 g/mol. The molecule has 0 aromatic heterocycles. The molecule has 34 heavy (non-hydrogen) atoms. The van der Waals surface area contributed by atoms with Crippen LogP contribution in [-0.4, -0.2) is 12.8 Å². The smallest absolute Gasteiger partial charge is 0.130 e. The van der Waals surface area contributed by atoms with E-state index < -0.39 is 0 Å². The van der Waals surface area contributed by atoms with Crippen LogP contribution in [0.15, 0.2) is 95.1 Å². The lowest BCUT2D eigenvalue weighted by Crippen LogP contribution is -2.29. The third-order valence-electron chi connectivity index (χ3n) is 7.70. The summed E-state index contributed by atoms with van der Waals surface area (Å²) in [4.78, 5) is 4.75. The Bertz CT molecular complexity index is 1060. The van der Waals surface area contributed by atoms with E-state index in [1.165, 1.54) is 22.8 Å². The fraction of sp³-hybridized carbons (Fsp3) is 0.406. The average Bonchev–Trinajstić information content (AvgIpc) is 3.11. The Morgan fingerprint density at radius 2 is 1.85 bits per heavy atom. The van der Waals surface area contributed by atoms with Gasteiger partial charge in [0, 0.05) is 18.3 Å². The number of hydrogen-bond donors (Lipinski definition) is 0. The molecular formula is C32H40FN.